The molecule has 0 amide bonds. The molecule has 0 radical (unpaired) electrons. The minimum absolute atomic E-state index is 0.00120. The number of nitriles is 1. The van der Waals surface area contributed by atoms with Crippen molar-refractivity contribution in [2.75, 3.05) is 0 Å². The van der Waals surface area contributed by atoms with E-state index in [1.54, 1.807) is 10.1 Å². The van der Waals surface area contributed by atoms with E-state index in [1.165, 1.54) is 32.1 Å². The van der Waals surface area contributed by atoms with E-state index in [0.717, 1.165) is 58.8 Å². The summed E-state index contributed by atoms with van der Waals surface area (Å²) < 4.78 is 1.71. The Morgan fingerprint density at radius 1 is 0.822 bits per heavy atom. The lowest BCUT2D eigenvalue weighted by Crippen LogP contribution is -2.28. The van der Waals surface area contributed by atoms with Crippen LogP contribution in [0.2, 0.25) is 0 Å². The van der Waals surface area contributed by atoms with Gasteiger partial charge in [-0.1, -0.05) is 124 Å². The van der Waals surface area contributed by atoms with Crippen LogP contribution in [0.3, 0.4) is 0 Å². The average Bonchev–Trinajstić information content (AvgIpc) is 3.10. The maximum absolute atomic E-state index is 13.6. The highest BCUT2D eigenvalue weighted by molar-refractivity contribution is 5.70. The fraction of sp³-hybridized carbons (Fsp3) is 0.293. The Kier molecular flexibility index (Phi) is 11.1. The lowest BCUT2D eigenvalue weighted by atomic mass is 9.84. The Morgan fingerprint density at radius 3 is 2.13 bits per heavy atom. The zero-order valence-corrected chi connectivity index (χ0v) is 26.6. The lowest BCUT2D eigenvalue weighted by Gasteiger charge is -2.21. The van der Waals surface area contributed by atoms with Crippen LogP contribution in [-0.2, 0) is 12.8 Å². The van der Waals surface area contributed by atoms with Gasteiger partial charge in [0.05, 0.1) is 23.0 Å². The van der Waals surface area contributed by atoms with Crippen LogP contribution < -0.4 is 5.56 Å². The van der Waals surface area contributed by atoms with E-state index >= 15 is 0 Å². The third-order valence-corrected chi connectivity index (χ3v) is 8.78. The van der Waals surface area contributed by atoms with Crippen LogP contribution >= 0.6 is 0 Å². The number of hydrogen-bond donors (Lipinski definition) is 0. The van der Waals surface area contributed by atoms with Crippen LogP contribution in [0.25, 0.3) is 16.8 Å². The van der Waals surface area contributed by atoms with Gasteiger partial charge in [0.15, 0.2) is 0 Å². The first-order valence-electron chi connectivity index (χ1n) is 16.4. The number of aromatic nitrogens is 2. The van der Waals surface area contributed by atoms with Crippen LogP contribution in [0.1, 0.15) is 91.6 Å². The first kappa shape index (κ1) is 31.7. The highest BCUT2D eigenvalue weighted by Gasteiger charge is 2.17. The minimum atomic E-state index is -0.00120. The monoisotopic (exact) mass is 593 g/mol. The smallest absolute Gasteiger partial charge is 0.261 e. The number of unbranched alkanes of at least 4 members (excludes halogenated alkanes) is 1. The van der Waals surface area contributed by atoms with Gasteiger partial charge in [0.1, 0.15) is 5.82 Å². The SMILES string of the molecule is CCCCc1nc(C)n(-c2ccccc2)c(=O)c1Cc1ccc(-c2ccccc2C#N)cc1.c1ccc(C2CCCCC2)cc1. The van der Waals surface area contributed by atoms with Gasteiger partial charge in [-0.25, -0.2) is 4.98 Å². The van der Waals surface area contributed by atoms with Gasteiger partial charge in [-0.05, 0) is 79.0 Å². The second kappa shape index (κ2) is 15.8. The van der Waals surface area contributed by atoms with E-state index in [1.807, 2.05) is 85.8 Å². The Balaban J connectivity index is 0.000000277. The van der Waals surface area contributed by atoms with Gasteiger partial charge in [0.25, 0.3) is 5.56 Å². The molecule has 1 saturated carbocycles. The molecule has 0 unspecified atom stereocenters. The van der Waals surface area contributed by atoms with E-state index in [4.69, 9.17) is 4.98 Å². The highest BCUT2D eigenvalue weighted by Crippen LogP contribution is 2.32. The largest absolute Gasteiger partial charge is 0.269 e. The molecule has 1 aliphatic rings. The van der Waals surface area contributed by atoms with Crippen molar-refractivity contribution in [2.24, 2.45) is 0 Å². The number of aryl methyl sites for hydroxylation is 2. The summed E-state index contributed by atoms with van der Waals surface area (Å²) in [5, 5.41) is 9.41. The zero-order chi connectivity index (χ0) is 31.4. The van der Waals surface area contributed by atoms with E-state index in [2.05, 4.69) is 43.3 Å². The standard InChI is InChI=1S/C29H27N3O.C12H16/c1-3-4-14-28-27(29(33)32(21(2)31-28)25-11-6-5-7-12-25)19-22-15-17-23(18-16-22)26-13-9-8-10-24(26)20-30;1-3-7-11(8-4-1)12-9-5-2-6-10-12/h5-13,15-18H,3-4,14,19H2,1-2H3;1,3-4,7-8,12H,2,5-6,9-10H2. The molecule has 0 atom stereocenters. The maximum Gasteiger partial charge on any atom is 0.261 e. The molecule has 4 aromatic carbocycles. The fourth-order valence-electron chi connectivity index (χ4n) is 6.33. The Hall–Kier alpha value is -4.75. The van der Waals surface area contributed by atoms with Crippen molar-refractivity contribution in [3.05, 3.63) is 153 Å². The summed E-state index contributed by atoms with van der Waals surface area (Å²) in [5.74, 6) is 1.57. The summed E-state index contributed by atoms with van der Waals surface area (Å²) in [7, 11) is 0. The number of para-hydroxylation sites is 1. The van der Waals surface area contributed by atoms with E-state index < -0.39 is 0 Å². The third kappa shape index (κ3) is 8.05. The van der Waals surface area contributed by atoms with Gasteiger partial charge in [0, 0.05) is 12.0 Å². The molecular weight excluding hydrogens is 550 g/mol. The molecule has 45 heavy (non-hydrogen) atoms. The Bertz CT molecular complexity index is 1760. The molecule has 1 aromatic heterocycles. The lowest BCUT2D eigenvalue weighted by molar-refractivity contribution is 0.443. The Labute approximate surface area is 268 Å². The summed E-state index contributed by atoms with van der Waals surface area (Å²) in [5.41, 5.74) is 7.64. The highest BCUT2D eigenvalue weighted by atomic mass is 16.1. The number of nitrogens with zero attached hydrogens (tertiary/aromatic N) is 3. The summed E-state index contributed by atoms with van der Waals surface area (Å²) in [6.45, 7) is 4.05. The van der Waals surface area contributed by atoms with E-state index in [9.17, 15) is 10.1 Å². The number of hydrogen-bond acceptors (Lipinski definition) is 3. The van der Waals surface area contributed by atoms with Crippen molar-refractivity contribution in [1.82, 2.24) is 9.55 Å². The summed E-state index contributed by atoms with van der Waals surface area (Å²) >= 11 is 0. The van der Waals surface area contributed by atoms with Crippen molar-refractivity contribution in [3.63, 3.8) is 0 Å². The van der Waals surface area contributed by atoms with Gasteiger partial charge < -0.3 is 0 Å². The zero-order valence-electron chi connectivity index (χ0n) is 26.6. The van der Waals surface area contributed by atoms with Gasteiger partial charge in [0.2, 0.25) is 0 Å². The van der Waals surface area contributed by atoms with Crippen molar-refractivity contribution in [3.8, 4) is 22.9 Å². The van der Waals surface area contributed by atoms with Gasteiger partial charge in [-0.2, -0.15) is 5.26 Å². The molecule has 0 aliphatic heterocycles. The van der Waals surface area contributed by atoms with Gasteiger partial charge >= 0.3 is 0 Å². The Morgan fingerprint density at radius 2 is 1.47 bits per heavy atom. The van der Waals surface area contributed by atoms with Crippen LogP contribution in [0.15, 0.2) is 114 Å². The van der Waals surface area contributed by atoms with Crippen molar-refractivity contribution in [2.45, 2.75) is 77.6 Å². The van der Waals surface area contributed by atoms with Crippen LogP contribution in [0.5, 0.6) is 0 Å². The van der Waals surface area contributed by atoms with Gasteiger partial charge in [-0.3, -0.25) is 9.36 Å². The molecule has 1 aliphatic carbocycles. The van der Waals surface area contributed by atoms with E-state index in [0.29, 0.717) is 17.8 Å². The normalized spacial score (nSPS) is 13.0. The average molecular weight is 594 g/mol. The number of rotatable bonds is 8. The molecule has 1 heterocycles. The van der Waals surface area contributed by atoms with Crippen molar-refractivity contribution >= 4 is 0 Å². The molecule has 0 saturated heterocycles. The topological polar surface area (TPSA) is 58.7 Å². The molecule has 4 heteroatoms. The van der Waals surface area contributed by atoms with Crippen molar-refractivity contribution < 1.29 is 0 Å². The third-order valence-electron chi connectivity index (χ3n) is 8.78. The molecule has 6 rings (SSSR count). The number of benzene rings is 4. The van der Waals surface area contributed by atoms with Crippen LogP contribution in [0.4, 0.5) is 0 Å². The van der Waals surface area contributed by atoms with Crippen molar-refractivity contribution in [1.29, 1.82) is 5.26 Å². The minimum Gasteiger partial charge on any atom is -0.269 e. The maximum atomic E-state index is 13.6. The first-order chi connectivity index (χ1) is 22.1. The molecule has 5 aromatic rings. The van der Waals surface area contributed by atoms with E-state index in [-0.39, 0.29) is 5.56 Å². The molecule has 1 fully saturated rings. The molecular formula is C41H43N3O. The molecule has 228 valence electrons. The van der Waals surface area contributed by atoms with Crippen LogP contribution in [-0.4, -0.2) is 9.55 Å². The summed E-state index contributed by atoms with van der Waals surface area (Å²) in [6.07, 6.45) is 10.5. The second-order valence-electron chi connectivity index (χ2n) is 11.9. The van der Waals surface area contributed by atoms with Gasteiger partial charge in [-0.15, -0.1) is 0 Å². The second-order valence-corrected chi connectivity index (χ2v) is 11.9. The molecule has 0 spiro atoms. The predicted molar refractivity (Wildman–Crippen MR) is 185 cm³/mol. The summed E-state index contributed by atoms with van der Waals surface area (Å²) in [6, 6.07) is 38.6. The molecule has 0 bridgehead atoms. The quantitative estimate of drug-likeness (QED) is 0.180. The first-order valence-corrected chi connectivity index (χ1v) is 16.4. The summed E-state index contributed by atoms with van der Waals surface area (Å²) in [4.78, 5) is 18.5. The van der Waals surface area contributed by atoms with Crippen LogP contribution in [0, 0.1) is 18.3 Å². The molecule has 4 nitrogen and oxygen atoms in total. The predicted octanol–water partition coefficient (Wildman–Crippen LogP) is 9.75. The fourth-order valence-corrected chi connectivity index (χ4v) is 6.33. The molecule has 0 N–H and O–H groups in total.